The second-order valence-electron chi connectivity index (χ2n) is 10.9. The van der Waals surface area contributed by atoms with Crippen LogP contribution in [-0.4, -0.2) is 66.9 Å². The summed E-state index contributed by atoms with van der Waals surface area (Å²) in [6.45, 7) is 1.27. The molecule has 2 fully saturated rings. The second-order valence-corrected chi connectivity index (χ2v) is 13.5. The van der Waals surface area contributed by atoms with Crippen molar-refractivity contribution in [2.45, 2.75) is 50.7 Å². The van der Waals surface area contributed by atoms with Crippen LogP contribution < -0.4 is 15.0 Å². The van der Waals surface area contributed by atoms with Gasteiger partial charge in [0.05, 0.1) is 28.7 Å². The van der Waals surface area contributed by atoms with Gasteiger partial charge in [-0.3, -0.25) is 9.35 Å². The van der Waals surface area contributed by atoms with E-state index in [1.165, 1.54) is 29.5 Å². The molecule has 240 valence electrons. The Morgan fingerprint density at radius 1 is 1.13 bits per heavy atom. The topological polar surface area (TPSA) is 144 Å². The van der Waals surface area contributed by atoms with Crippen LogP contribution in [0.5, 0.6) is 5.75 Å². The Bertz CT molecular complexity index is 1800. The highest BCUT2D eigenvalue weighted by atomic mass is 32.2. The summed E-state index contributed by atoms with van der Waals surface area (Å²) in [5.41, 5.74) is 2.20. The van der Waals surface area contributed by atoms with Crippen LogP contribution in [0.1, 0.15) is 53.3 Å². The molecule has 1 amide bonds. The third-order valence-electron chi connectivity index (χ3n) is 7.60. The fourth-order valence-corrected chi connectivity index (χ4v) is 6.63. The van der Waals surface area contributed by atoms with Crippen LogP contribution in [0.2, 0.25) is 0 Å². The lowest BCUT2D eigenvalue weighted by Crippen LogP contribution is -2.36. The molecule has 0 radical (unpaired) electrons. The van der Waals surface area contributed by atoms with Gasteiger partial charge in [0, 0.05) is 42.2 Å². The molecule has 2 aliphatic rings. The summed E-state index contributed by atoms with van der Waals surface area (Å²) >= 11 is 1.44. The fraction of sp³-hybridized carbons (Fsp3) is 0.414. The predicted octanol–water partition coefficient (Wildman–Crippen LogP) is 5.53. The lowest BCUT2D eigenvalue weighted by atomic mass is 10.0. The Labute approximate surface area is 260 Å². The van der Waals surface area contributed by atoms with E-state index in [0.717, 1.165) is 28.2 Å². The van der Waals surface area contributed by atoms with Crippen LogP contribution in [0.15, 0.2) is 47.0 Å². The molecular formula is C29H29F3N4O7S2. The number of amides is 1. The maximum absolute atomic E-state index is 13.1. The highest BCUT2D eigenvalue weighted by Gasteiger charge is 2.36. The Morgan fingerprint density at radius 2 is 1.89 bits per heavy atom. The quantitative estimate of drug-likeness (QED) is 0.196. The summed E-state index contributed by atoms with van der Waals surface area (Å²) < 4.78 is 86.8. The summed E-state index contributed by atoms with van der Waals surface area (Å²) in [4.78, 5) is 19.3. The number of benzene rings is 2. The molecule has 11 nitrogen and oxygen atoms in total. The number of carbonyl (C=O) groups is 1. The number of alkyl halides is 3. The highest BCUT2D eigenvalue weighted by molar-refractivity contribution is 7.85. The van der Waals surface area contributed by atoms with Crippen LogP contribution in [0.25, 0.3) is 21.5 Å². The molecule has 1 saturated carbocycles. The van der Waals surface area contributed by atoms with Crippen molar-refractivity contribution in [2.75, 3.05) is 30.3 Å². The Morgan fingerprint density at radius 3 is 2.60 bits per heavy atom. The first-order chi connectivity index (χ1) is 21.4. The van der Waals surface area contributed by atoms with Gasteiger partial charge in [0.25, 0.3) is 16.0 Å². The van der Waals surface area contributed by atoms with Gasteiger partial charge in [0.15, 0.2) is 5.13 Å². The van der Waals surface area contributed by atoms with Crippen LogP contribution in [0, 0.1) is 0 Å². The summed E-state index contributed by atoms with van der Waals surface area (Å²) in [6.07, 6.45) is -1.70. The summed E-state index contributed by atoms with van der Waals surface area (Å²) in [5.74, 6) is -0.561. The Balaban J connectivity index is 1.09. The van der Waals surface area contributed by atoms with Crippen LogP contribution >= 0.6 is 11.3 Å². The number of hydrogen-bond acceptors (Lipinski definition) is 10. The zero-order chi connectivity index (χ0) is 31.8. The van der Waals surface area contributed by atoms with Crippen LogP contribution in [0.4, 0.5) is 18.3 Å². The van der Waals surface area contributed by atoms with Gasteiger partial charge in [-0.05, 0) is 56.0 Å². The predicted molar refractivity (Wildman–Crippen MR) is 159 cm³/mol. The van der Waals surface area contributed by atoms with Gasteiger partial charge in [-0.25, -0.2) is 4.98 Å². The molecule has 0 atom stereocenters. The van der Waals surface area contributed by atoms with Crippen molar-refractivity contribution >= 4 is 42.7 Å². The molecule has 2 N–H and O–H groups in total. The third-order valence-corrected chi connectivity index (χ3v) is 9.39. The molecule has 1 aliphatic carbocycles. The maximum atomic E-state index is 13.1. The largest absolute Gasteiger partial charge is 0.573 e. The molecule has 6 rings (SSSR count). The van der Waals surface area contributed by atoms with Crippen LogP contribution in [0.3, 0.4) is 0 Å². The average Bonchev–Trinajstić information content (AvgIpc) is 3.60. The van der Waals surface area contributed by atoms with E-state index in [2.05, 4.69) is 20.1 Å². The SMILES string of the molecule is O=C(NCCS(=O)(=O)O)c1ccc2nc(N3CCC(OCc4c(-c5ccccc5OC(F)(F)F)noc4C4CC4)CC3)sc2c1. The zero-order valence-corrected chi connectivity index (χ0v) is 25.4. The number of anilines is 1. The number of carbonyl (C=O) groups excluding carboxylic acids is 1. The molecule has 1 saturated heterocycles. The van der Waals surface area contributed by atoms with E-state index in [0.29, 0.717) is 42.8 Å². The first-order valence-electron chi connectivity index (χ1n) is 14.3. The first-order valence-corrected chi connectivity index (χ1v) is 16.7. The number of aromatic nitrogens is 2. The van der Waals surface area contributed by atoms with E-state index in [4.69, 9.17) is 18.8 Å². The number of para-hydroxylation sites is 1. The van der Waals surface area contributed by atoms with Gasteiger partial charge >= 0.3 is 6.36 Å². The first kappa shape index (κ1) is 31.3. The van der Waals surface area contributed by atoms with Gasteiger partial charge in [-0.2, -0.15) is 8.42 Å². The smallest absolute Gasteiger partial charge is 0.405 e. The normalized spacial score (nSPS) is 16.3. The van der Waals surface area contributed by atoms with E-state index in [1.807, 2.05) is 0 Å². The number of thiazole rings is 1. The minimum atomic E-state index is -4.85. The minimum absolute atomic E-state index is 0.0925. The van der Waals surface area contributed by atoms with Gasteiger partial charge < -0.3 is 24.2 Å². The number of halogens is 3. The van der Waals surface area contributed by atoms with Gasteiger partial charge in [-0.15, -0.1) is 13.2 Å². The molecule has 0 spiro atoms. The summed E-state index contributed by atoms with van der Waals surface area (Å²) in [6, 6.07) is 10.9. The molecule has 1 aliphatic heterocycles. The van der Waals surface area contributed by atoms with Crippen molar-refractivity contribution in [1.82, 2.24) is 15.5 Å². The fourth-order valence-electron chi connectivity index (χ4n) is 5.21. The van der Waals surface area contributed by atoms with Crippen molar-refractivity contribution in [3.8, 4) is 17.0 Å². The number of nitrogens with zero attached hydrogens (tertiary/aromatic N) is 3. The van der Waals surface area contributed by atoms with Crippen molar-refractivity contribution in [3.63, 3.8) is 0 Å². The number of nitrogens with one attached hydrogen (secondary N) is 1. The summed E-state index contributed by atoms with van der Waals surface area (Å²) in [7, 11) is -4.17. The standard InChI is InChI=1S/C29H29F3N4O7S2/c30-29(31,32)42-23-4-2-1-3-20(23)25-21(26(43-35-25)17-5-6-17)16-41-19-9-12-36(13-10-19)28-34-22-8-7-18(15-24(22)44-28)27(37)33-11-14-45(38,39)40/h1-4,7-8,15,17,19H,5-6,9-14,16H2,(H,33,37)(H,38,39,40). The Hall–Kier alpha value is -3.73. The van der Waals surface area contributed by atoms with Gasteiger partial charge in [-0.1, -0.05) is 28.6 Å². The second kappa shape index (κ2) is 12.6. The van der Waals surface area contributed by atoms with Crippen molar-refractivity contribution in [2.24, 2.45) is 0 Å². The molecule has 0 bridgehead atoms. The lowest BCUT2D eigenvalue weighted by molar-refractivity contribution is -0.274. The van der Waals surface area contributed by atoms with Gasteiger partial charge in [0.1, 0.15) is 17.2 Å². The van der Waals surface area contributed by atoms with E-state index in [9.17, 15) is 26.4 Å². The monoisotopic (exact) mass is 666 g/mol. The van der Waals surface area contributed by atoms with Crippen molar-refractivity contribution in [3.05, 3.63) is 59.4 Å². The van der Waals surface area contributed by atoms with E-state index >= 15 is 0 Å². The number of hydrogen-bond donors (Lipinski definition) is 2. The van der Waals surface area contributed by atoms with E-state index in [1.54, 1.807) is 24.3 Å². The molecule has 2 aromatic carbocycles. The van der Waals surface area contributed by atoms with E-state index in [-0.39, 0.29) is 42.2 Å². The minimum Gasteiger partial charge on any atom is -0.405 e. The van der Waals surface area contributed by atoms with Crippen molar-refractivity contribution in [1.29, 1.82) is 0 Å². The lowest BCUT2D eigenvalue weighted by Gasteiger charge is -2.31. The summed E-state index contributed by atoms with van der Waals surface area (Å²) in [5, 5.41) is 7.41. The molecule has 3 heterocycles. The molecule has 16 heteroatoms. The zero-order valence-electron chi connectivity index (χ0n) is 23.7. The van der Waals surface area contributed by atoms with Gasteiger partial charge in [0.2, 0.25) is 0 Å². The number of piperidine rings is 1. The molecule has 0 unspecified atom stereocenters. The number of rotatable bonds is 11. The molecular weight excluding hydrogens is 637 g/mol. The number of fused-ring (bicyclic) bond motifs is 1. The highest BCUT2D eigenvalue weighted by Crippen LogP contribution is 2.46. The number of ether oxygens (including phenoxy) is 2. The molecule has 2 aromatic heterocycles. The third kappa shape index (κ3) is 7.74. The van der Waals surface area contributed by atoms with Crippen molar-refractivity contribution < 1.29 is 44.9 Å². The Kier molecular flexibility index (Phi) is 8.74. The molecule has 45 heavy (non-hydrogen) atoms. The average molecular weight is 667 g/mol. The maximum Gasteiger partial charge on any atom is 0.573 e. The van der Waals surface area contributed by atoms with Crippen LogP contribution in [-0.2, 0) is 21.5 Å². The molecule has 4 aromatic rings. The van der Waals surface area contributed by atoms with E-state index < -0.39 is 28.1 Å².